The Morgan fingerprint density at radius 2 is 1.97 bits per heavy atom. The zero-order chi connectivity index (χ0) is 22.0. The quantitative estimate of drug-likeness (QED) is 0.814. The monoisotopic (exact) mass is 426 g/mol. The summed E-state index contributed by atoms with van der Waals surface area (Å²) in [6.07, 6.45) is 4.20. The lowest BCUT2D eigenvalue weighted by molar-refractivity contribution is -0.132. The second-order valence-electron chi connectivity index (χ2n) is 8.21. The molecule has 0 radical (unpaired) electrons. The predicted octanol–water partition coefficient (Wildman–Crippen LogP) is 2.96. The fraction of sp³-hybridized carbons (Fsp3) is 0.478. The number of aromatic nitrogens is 2. The lowest BCUT2D eigenvalue weighted by Crippen LogP contribution is -2.42. The van der Waals surface area contributed by atoms with E-state index >= 15 is 0 Å². The van der Waals surface area contributed by atoms with E-state index in [9.17, 15) is 18.8 Å². The SMILES string of the molecule is CCCC(=O)N1CCc2c(nc([C@@H]3CCCCN3C(=O)c3ccc(F)cc3)[nH]c2=O)C1. The zero-order valence-electron chi connectivity index (χ0n) is 17.7. The number of piperidine rings is 1. The Morgan fingerprint density at radius 1 is 1.19 bits per heavy atom. The van der Waals surface area contributed by atoms with Crippen LogP contribution in [0, 0.1) is 5.82 Å². The summed E-state index contributed by atoms with van der Waals surface area (Å²) in [6, 6.07) is 5.14. The first-order chi connectivity index (χ1) is 15.0. The second-order valence-corrected chi connectivity index (χ2v) is 8.21. The van der Waals surface area contributed by atoms with Gasteiger partial charge in [-0.25, -0.2) is 9.37 Å². The van der Waals surface area contributed by atoms with Crippen LogP contribution in [0.25, 0.3) is 0 Å². The minimum atomic E-state index is -0.394. The average Bonchev–Trinajstić information content (AvgIpc) is 2.79. The Bertz CT molecular complexity index is 1030. The molecule has 8 heteroatoms. The van der Waals surface area contributed by atoms with Crippen LogP contribution < -0.4 is 5.56 Å². The number of nitrogens with zero attached hydrogens (tertiary/aromatic N) is 3. The number of amides is 2. The molecule has 0 saturated carbocycles. The van der Waals surface area contributed by atoms with Crippen molar-refractivity contribution < 1.29 is 14.0 Å². The maximum atomic E-state index is 13.3. The maximum Gasteiger partial charge on any atom is 0.254 e. The molecule has 1 fully saturated rings. The first-order valence-electron chi connectivity index (χ1n) is 10.9. The van der Waals surface area contributed by atoms with Gasteiger partial charge in [0, 0.05) is 30.6 Å². The molecule has 1 aromatic carbocycles. The third-order valence-corrected chi connectivity index (χ3v) is 6.08. The van der Waals surface area contributed by atoms with Crippen molar-refractivity contribution in [2.45, 2.75) is 58.0 Å². The van der Waals surface area contributed by atoms with Crippen LogP contribution in [0.15, 0.2) is 29.1 Å². The van der Waals surface area contributed by atoms with E-state index in [2.05, 4.69) is 4.98 Å². The number of halogens is 1. The van der Waals surface area contributed by atoms with Crippen molar-refractivity contribution in [3.05, 3.63) is 63.1 Å². The summed E-state index contributed by atoms with van der Waals surface area (Å²) < 4.78 is 13.3. The molecule has 1 atom stereocenters. The van der Waals surface area contributed by atoms with Gasteiger partial charge in [0.2, 0.25) is 5.91 Å². The summed E-state index contributed by atoms with van der Waals surface area (Å²) in [4.78, 5) is 49.3. The number of nitrogens with one attached hydrogen (secondary N) is 1. The van der Waals surface area contributed by atoms with Crippen LogP contribution in [0.5, 0.6) is 0 Å². The molecule has 31 heavy (non-hydrogen) atoms. The first-order valence-corrected chi connectivity index (χ1v) is 10.9. The normalized spacial score (nSPS) is 18.6. The summed E-state index contributed by atoms with van der Waals surface area (Å²) in [6.45, 7) is 3.35. The fourth-order valence-electron chi connectivity index (χ4n) is 4.42. The molecular weight excluding hydrogens is 399 g/mol. The van der Waals surface area contributed by atoms with Crippen molar-refractivity contribution >= 4 is 11.8 Å². The number of carbonyl (C=O) groups is 2. The standard InChI is InChI=1S/C23H27FN4O3/c1-2-5-20(29)27-13-11-17-18(14-27)25-21(26-22(17)30)19-6-3-4-12-28(19)23(31)15-7-9-16(24)10-8-15/h7-10,19H,2-6,11-14H2,1H3,(H,25,26,30)/t19-/m0/s1. The van der Waals surface area contributed by atoms with Gasteiger partial charge in [-0.2, -0.15) is 0 Å². The van der Waals surface area contributed by atoms with Crippen LogP contribution >= 0.6 is 0 Å². The maximum absolute atomic E-state index is 13.3. The Hall–Kier alpha value is -3.03. The summed E-state index contributed by atoms with van der Waals surface area (Å²) >= 11 is 0. The van der Waals surface area contributed by atoms with Gasteiger partial charge in [-0.1, -0.05) is 6.92 Å². The third-order valence-electron chi connectivity index (χ3n) is 6.08. The minimum Gasteiger partial charge on any atom is -0.336 e. The number of hydrogen-bond donors (Lipinski definition) is 1. The van der Waals surface area contributed by atoms with E-state index in [1.54, 1.807) is 9.80 Å². The van der Waals surface area contributed by atoms with Gasteiger partial charge in [0.05, 0.1) is 18.3 Å². The summed E-state index contributed by atoms with van der Waals surface area (Å²) in [5.41, 5.74) is 1.46. The molecule has 2 amide bonds. The Balaban J connectivity index is 1.63. The van der Waals surface area contributed by atoms with Gasteiger partial charge in [0.1, 0.15) is 11.6 Å². The smallest absolute Gasteiger partial charge is 0.254 e. The van der Waals surface area contributed by atoms with E-state index in [4.69, 9.17) is 4.98 Å². The molecule has 2 aliphatic rings. The molecule has 0 aliphatic carbocycles. The molecule has 7 nitrogen and oxygen atoms in total. The highest BCUT2D eigenvalue weighted by molar-refractivity contribution is 5.94. The van der Waals surface area contributed by atoms with Crippen molar-refractivity contribution in [1.82, 2.24) is 19.8 Å². The van der Waals surface area contributed by atoms with Gasteiger partial charge in [0.25, 0.3) is 11.5 Å². The Kier molecular flexibility index (Phi) is 6.15. The number of aromatic amines is 1. The average molecular weight is 426 g/mol. The van der Waals surface area contributed by atoms with E-state index in [0.29, 0.717) is 61.5 Å². The summed E-state index contributed by atoms with van der Waals surface area (Å²) in [5.74, 6) is -0.0642. The number of benzene rings is 1. The largest absolute Gasteiger partial charge is 0.336 e. The summed E-state index contributed by atoms with van der Waals surface area (Å²) in [7, 11) is 0. The van der Waals surface area contributed by atoms with Crippen LogP contribution in [0.4, 0.5) is 4.39 Å². The van der Waals surface area contributed by atoms with Gasteiger partial charge in [-0.3, -0.25) is 14.4 Å². The van der Waals surface area contributed by atoms with Gasteiger partial charge < -0.3 is 14.8 Å². The number of H-pyrrole nitrogens is 1. The lowest BCUT2D eigenvalue weighted by Gasteiger charge is -2.36. The Morgan fingerprint density at radius 3 is 2.71 bits per heavy atom. The third kappa shape index (κ3) is 4.38. The molecule has 164 valence electrons. The van der Waals surface area contributed by atoms with Crippen LogP contribution in [-0.4, -0.2) is 44.7 Å². The highest BCUT2D eigenvalue weighted by atomic mass is 19.1. The number of carbonyl (C=O) groups excluding carboxylic acids is 2. The molecule has 1 aromatic heterocycles. The number of fused-ring (bicyclic) bond motifs is 1. The molecule has 3 heterocycles. The van der Waals surface area contributed by atoms with Crippen LogP contribution in [0.2, 0.25) is 0 Å². The van der Waals surface area contributed by atoms with Gasteiger partial charge >= 0.3 is 0 Å². The highest BCUT2D eigenvalue weighted by Crippen LogP contribution is 2.30. The molecule has 2 aliphatic heterocycles. The fourth-order valence-corrected chi connectivity index (χ4v) is 4.42. The van der Waals surface area contributed by atoms with Gasteiger partial charge in [-0.05, 0) is 56.4 Å². The van der Waals surface area contributed by atoms with Crippen molar-refractivity contribution in [3.63, 3.8) is 0 Å². The van der Waals surface area contributed by atoms with Crippen molar-refractivity contribution in [3.8, 4) is 0 Å². The van der Waals surface area contributed by atoms with Crippen molar-refractivity contribution in [2.24, 2.45) is 0 Å². The number of rotatable bonds is 4. The van der Waals surface area contributed by atoms with E-state index in [1.165, 1.54) is 24.3 Å². The number of likely N-dealkylation sites (tertiary alicyclic amines) is 1. The molecule has 0 spiro atoms. The highest BCUT2D eigenvalue weighted by Gasteiger charge is 2.32. The lowest BCUT2D eigenvalue weighted by atomic mass is 9.99. The van der Waals surface area contributed by atoms with E-state index in [0.717, 1.165) is 19.3 Å². The second kappa shape index (κ2) is 8.99. The van der Waals surface area contributed by atoms with E-state index in [-0.39, 0.29) is 23.4 Å². The van der Waals surface area contributed by atoms with Crippen LogP contribution in [-0.2, 0) is 17.8 Å². The molecule has 0 bridgehead atoms. The van der Waals surface area contributed by atoms with Gasteiger partial charge in [0.15, 0.2) is 0 Å². The first kappa shape index (κ1) is 21.2. The molecule has 1 N–H and O–H groups in total. The molecule has 0 unspecified atom stereocenters. The van der Waals surface area contributed by atoms with E-state index < -0.39 is 5.82 Å². The summed E-state index contributed by atoms with van der Waals surface area (Å²) in [5, 5.41) is 0. The molecule has 2 aromatic rings. The van der Waals surface area contributed by atoms with Crippen molar-refractivity contribution in [2.75, 3.05) is 13.1 Å². The Labute approximate surface area is 180 Å². The molecule has 1 saturated heterocycles. The van der Waals surface area contributed by atoms with Crippen molar-refractivity contribution in [1.29, 1.82) is 0 Å². The van der Waals surface area contributed by atoms with Gasteiger partial charge in [-0.15, -0.1) is 0 Å². The van der Waals surface area contributed by atoms with Crippen LogP contribution in [0.3, 0.4) is 0 Å². The van der Waals surface area contributed by atoms with Crippen LogP contribution in [0.1, 0.15) is 72.5 Å². The van der Waals surface area contributed by atoms with E-state index in [1.807, 2.05) is 6.92 Å². The zero-order valence-corrected chi connectivity index (χ0v) is 17.7. The predicted molar refractivity (Wildman–Crippen MR) is 113 cm³/mol. The topological polar surface area (TPSA) is 86.4 Å². The molecule has 4 rings (SSSR count). The number of hydrogen-bond acceptors (Lipinski definition) is 4. The minimum absolute atomic E-state index is 0.0718. The molecular formula is C23H27FN4O3.